The molecule has 1 aromatic heterocycles. The van der Waals surface area contributed by atoms with Gasteiger partial charge in [0.1, 0.15) is 12.1 Å². The maximum atomic E-state index is 12.4. The Morgan fingerprint density at radius 2 is 2.12 bits per heavy atom. The number of amides is 1. The number of ether oxygens (including phenoxy) is 1. The summed E-state index contributed by atoms with van der Waals surface area (Å²) >= 11 is 0. The standard InChI is InChI=1S/C19H23N3O2/c23-19(9-5-13-24-17-7-2-1-3-8-17)22-12-4-6-16(14-22)18-10-11-20-15-21-18/h1-3,7-8,10-11,15-16H,4-6,9,12-14H2/t16-/m0/s1. The van der Waals surface area contributed by atoms with Crippen molar-refractivity contribution in [1.82, 2.24) is 14.9 Å². The number of para-hydroxylation sites is 1. The molecule has 0 unspecified atom stereocenters. The Hall–Kier alpha value is -2.43. The third kappa shape index (κ3) is 4.54. The zero-order valence-corrected chi connectivity index (χ0v) is 13.8. The SMILES string of the molecule is O=C(CCCOc1ccccc1)N1CCC[C@H](c2ccncn2)C1. The number of benzene rings is 1. The minimum atomic E-state index is 0.213. The first-order valence-corrected chi connectivity index (χ1v) is 8.54. The van der Waals surface area contributed by atoms with Gasteiger partial charge >= 0.3 is 0 Å². The average molecular weight is 325 g/mol. The van der Waals surface area contributed by atoms with E-state index in [4.69, 9.17) is 4.74 Å². The highest BCUT2D eigenvalue weighted by atomic mass is 16.5. The number of carbonyl (C=O) groups is 1. The average Bonchev–Trinajstić information content (AvgIpc) is 2.67. The molecule has 1 aromatic carbocycles. The van der Waals surface area contributed by atoms with E-state index in [1.807, 2.05) is 41.3 Å². The van der Waals surface area contributed by atoms with Gasteiger partial charge < -0.3 is 9.64 Å². The van der Waals surface area contributed by atoms with Crippen molar-refractivity contribution in [2.45, 2.75) is 31.6 Å². The Balaban J connectivity index is 1.43. The summed E-state index contributed by atoms with van der Waals surface area (Å²) in [5, 5.41) is 0. The number of hydrogen-bond acceptors (Lipinski definition) is 4. The van der Waals surface area contributed by atoms with Gasteiger partial charge in [-0.25, -0.2) is 9.97 Å². The number of rotatable bonds is 6. The second kappa shape index (κ2) is 8.43. The lowest BCUT2D eigenvalue weighted by molar-refractivity contribution is -0.132. The fourth-order valence-electron chi connectivity index (χ4n) is 3.08. The van der Waals surface area contributed by atoms with Crippen molar-refractivity contribution < 1.29 is 9.53 Å². The Morgan fingerprint density at radius 3 is 2.92 bits per heavy atom. The highest BCUT2D eigenvalue weighted by Crippen LogP contribution is 2.25. The summed E-state index contributed by atoms with van der Waals surface area (Å²) in [4.78, 5) is 22.7. The Kier molecular flexibility index (Phi) is 5.77. The van der Waals surface area contributed by atoms with E-state index in [0.717, 1.165) is 43.8 Å². The molecule has 0 saturated carbocycles. The van der Waals surface area contributed by atoms with E-state index in [-0.39, 0.29) is 5.91 Å². The van der Waals surface area contributed by atoms with E-state index in [1.54, 1.807) is 12.5 Å². The zero-order valence-electron chi connectivity index (χ0n) is 13.8. The second-order valence-corrected chi connectivity index (χ2v) is 6.08. The first kappa shape index (κ1) is 16.4. The minimum Gasteiger partial charge on any atom is -0.494 e. The van der Waals surface area contributed by atoms with Crippen LogP contribution in [0.4, 0.5) is 0 Å². The molecular weight excluding hydrogens is 302 g/mol. The summed E-state index contributed by atoms with van der Waals surface area (Å²) in [5.74, 6) is 1.39. The van der Waals surface area contributed by atoms with Crippen LogP contribution >= 0.6 is 0 Å². The summed E-state index contributed by atoms with van der Waals surface area (Å²) in [6.45, 7) is 2.17. The van der Waals surface area contributed by atoms with Crippen LogP contribution in [0.5, 0.6) is 5.75 Å². The molecule has 1 aliphatic rings. The quantitative estimate of drug-likeness (QED) is 0.766. The summed E-state index contributed by atoms with van der Waals surface area (Å²) in [7, 11) is 0. The molecule has 0 N–H and O–H groups in total. The van der Waals surface area contributed by atoms with Crippen LogP contribution in [0.25, 0.3) is 0 Å². The molecule has 1 amide bonds. The van der Waals surface area contributed by atoms with E-state index in [2.05, 4.69) is 9.97 Å². The summed E-state index contributed by atoms with van der Waals surface area (Å²) in [6.07, 6.45) is 6.73. The molecule has 0 spiro atoms. The number of likely N-dealkylation sites (tertiary alicyclic amines) is 1. The molecule has 2 heterocycles. The molecule has 0 aliphatic carbocycles. The summed E-state index contributed by atoms with van der Waals surface area (Å²) in [5.41, 5.74) is 1.04. The Bertz CT molecular complexity index is 634. The maximum absolute atomic E-state index is 12.4. The third-order valence-electron chi connectivity index (χ3n) is 4.34. The molecule has 1 saturated heterocycles. The normalized spacial score (nSPS) is 17.5. The van der Waals surface area contributed by atoms with Gasteiger partial charge in [-0.05, 0) is 37.5 Å². The lowest BCUT2D eigenvalue weighted by Crippen LogP contribution is -2.39. The maximum Gasteiger partial charge on any atom is 0.222 e. The summed E-state index contributed by atoms with van der Waals surface area (Å²) in [6, 6.07) is 11.7. The Morgan fingerprint density at radius 1 is 1.25 bits per heavy atom. The van der Waals surface area contributed by atoms with Crippen molar-refractivity contribution in [3.63, 3.8) is 0 Å². The van der Waals surface area contributed by atoms with Crippen LogP contribution < -0.4 is 4.74 Å². The van der Waals surface area contributed by atoms with Crippen LogP contribution in [0, 0.1) is 0 Å². The van der Waals surface area contributed by atoms with Crippen molar-refractivity contribution in [2.75, 3.05) is 19.7 Å². The lowest BCUT2D eigenvalue weighted by atomic mass is 9.94. The van der Waals surface area contributed by atoms with Gasteiger partial charge in [-0.15, -0.1) is 0 Å². The number of aromatic nitrogens is 2. The minimum absolute atomic E-state index is 0.213. The topological polar surface area (TPSA) is 55.3 Å². The fourth-order valence-corrected chi connectivity index (χ4v) is 3.08. The largest absolute Gasteiger partial charge is 0.494 e. The van der Waals surface area contributed by atoms with Crippen LogP contribution in [0.2, 0.25) is 0 Å². The molecule has 0 bridgehead atoms. The zero-order chi connectivity index (χ0) is 16.6. The molecule has 1 atom stereocenters. The molecule has 5 nitrogen and oxygen atoms in total. The van der Waals surface area contributed by atoms with Crippen LogP contribution in [-0.4, -0.2) is 40.5 Å². The van der Waals surface area contributed by atoms with Gasteiger partial charge in [0, 0.05) is 37.3 Å². The van der Waals surface area contributed by atoms with Gasteiger partial charge in [0.25, 0.3) is 0 Å². The smallest absolute Gasteiger partial charge is 0.222 e. The van der Waals surface area contributed by atoms with E-state index in [9.17, 15) is 4.79 Å². The van der Waals surface area contributed by atoms with Crippen molar-refractivity contribution in [1.29, 1.82) is 0 Å². The van der Waals surface area contributed by atoms with Crippen LogP contribution in [0.15, 0.2) is 48.9 Å². The van der Waals surface area contributed by atoms with Gasteiger partial charge in [0.2, 0.25) is 5.91 Å². The molecule has 126 valence electrons. The molecule has 3 rings (SSSR count). The van der Waals surface area contributed by atoms with E-state index < -0.39 is 0 Å². The predicted octanol–water partition coefficient (Wildman–Crippen LogP) is 3.04. The van der Waals surface area contributed by atoms with Crippen LogP contribution in [-0.2, 0) is 4.79 Å². The van der Waals surface area contributed by atoms with E-state index in [1.165, 1.54) is 0 Å². The first-order chi connectivity index (χ1) is 11.8. The lowest BCUT2D eigenvalue weighted by Gasteiger charge is -2.32. The van der Waals surface area contributed by atoms with Crippen molar-refractivity contribution in [2.24, 2.45) is 0 Å². The number of carbonyl (C=O) groups excluding carboxylic acids is 1. The predicted molar refractivity (Wildman–Crippen MR) is 91.8 cm³/mol. The van der Waals surface area contributed by atoms with Gasteiger partial charge in [0.05, 0.1) is 6.61 Å². The molecule has 2 aromatic rings. The van der Waals surface area contributed by atoms with E-state index in [0.29, 0.717) is 18.9 Å². The number of piperidine rings is 1. The van der Waals surface area contributed by atoms with Gasteiger partial charge in [0.15, 0.2) is 0 Å². The molecule has 5 heteroatoms. The highest BCUT2D eigenvalue weighted by molar-refractivity contribution is 5.76. The first-order valence-electron chi connectivity index (χ1n) is 8.54. The van der Waals surface area contributed by atoms with Gasteiger partial charge in [-0.1, -0.05) is 18.2 Å². The fraction of sp³-hybridized carbons (Fsp3) is 0.421. The summed E-state index contributed by atoms with van der Waals surface area (Å²) < 4.78 is 5.65. The molecule has 1 fully saturated rings. The van der Waals surface area contributed by atoms with Crippen molar-refractivity contribution >= 4 is 5.91 Å². The molecule has 1 aliphatic heterocycles. The second-order valence-electron chi connectivity index (χ2n) is 6.08. The molecule has 0 radical (unpaired) electrons. The van der Waals surface area contributed by atoms with E-state index >= 15 is 0 Å². The molecule has 24 heavy (non-hydrogen) atoms. The number of hydrogen-bond donors (Lipinski definition) is 0. The van der Waals surface area contributed by atoms with Gasteiger partial charge in [-0.3, -0.25) is 4.79 Å². The Labute approximate surface area is 142 Å². The van der Waals surface area contributed by atoms with Gasteiger partial charge in [-0.2, -0.15) is 0 Å². The highest BCUT2D eigenvalue weighted by Gasteiger charge is 2.25. The van der Waals surface area contributed by atoms with Crippen LogP contribution in [0.1, 0.15) is 37.3 Å². The molecular formula is C19H23N3O2. The third-order valence-corrected chi connectivity index (χ3v) is 4.34. The number of nitrogens with zero attached hydrogens (tertiary/aromatic N) is 3. The van der Waals surface area contributed by atoms with Crippen molar-refractivity contribution in [3.05, 3.63) is 54.6 Å². The van der Waals surface area contributed by atoms with Crippen LogP contribution in [0.3, 0.4) is 0 Å². The monoisotopic (exact) mass is 325 g/mol. The van der Waals surface area contributed by atoms with Crippen molar-refractivity contribution in [3.8, 4) is 5.75 Å².